The Hall–Kier alpha value is -1.26. The van der Waals surface area contributed by atoms with Gasteiger partial charge in [-0.05, 0) is 17.7 Å². The molecule has 0 saturated heterocycles. The molecule has 13 heavy (non-hydrogen) atoms. The van der Waals surface area contributed by atoms with E-state index in [1.807, 2.05) is 0 Å². The molecule has 0 amide bonds. The Morgan fingerprint density at radius 2 is 2.23 bits per heavy atom. The lowest BCUT2D eigenvalue weighted by Crippen LogP contribution is -2.52. The quantitative estimate of drug-likeness (QED) is 0.602. The van der Waals surface area contributed by atoms with Gasteiger partial charge in [-0.3, -0.25) is 0 Å². The number of aromatic hydroxyl groups is 1. The number of phenolic OH excluding ortho intramolecular Hbond substituents is 1. The first-order chi connectivity index (χ1) is 6.19. The standard InChI is InChI=1S/C9H13NO3/c1-13-9-4-6(8(12)5-10)2-3-7(9)11/h2-4,8,11-12H,5,10H2,1H3/p+1/t8-/m1/s1. The summed E-state index contributed by atoms with van der Waals surface area (Å²) in [4.78, 5) is 0. The molecule has 0 aromatic heterocycles. The molecule has 72 valence electrons. The van der Waals surface area contributed by atoms with Crippen molar-refractivity contribution >= 4 is 0 Å². The molecule has 0 fully saturated rings. The van der Waals surface area contributed by atoms with Crippen LogP contribution in [0.2, 0.25) is 0 Å². The molecule has 0 radical (unpaired) electrons. The third-order valence-electron chi connectivity index (χ3n) is 1.86. The number of ether oxygens (including phenoxy) is 1. The van der Waals surface area contributed by atoms with Crippen LogP contribution in [0.5, 0.6) is 11.5 Å². The highest BCUT2D eigenvalue weighted by Crippen LogP contribution is 2.28. The summed E-state index contributed by atoms with van der Waals surface area (Å²) in [6, 6.07) is 4.74. The summed E-state index contributed by atoms with van der Waals surface area (Å²) in [5.41, 5.74) is 4.29. The Bertz CT molecular complexity index is 288. The Balaban J connectivity index is 2.99. The number of hydrogen-bond acceptors (Lipinski definition) is 3. The topological polar surface area (TPSA) is 77.3 Å². The Morgan fingerprint density at radius 1 is 1.54 bits per heavy atom. The van der Waals surface area contributed by atoms with Crippen molar-refractivity contribution in [2.24, 2.45) is 0 Å². The normalized spacial score (nSPS) is 12.5. The van der Waals surface area contributed by atoms with Crippen LogP contribution in [-0.2, 0) is 0 Å². The average Bonchev–Trinajstić information content (AvgIpc) is 2.17. The number of methoxy groups -OCH3 is 1. The van der Waals surface area contributed by atoms with Crippen LogP contribution in [0.1, 0.15) is 11.7 Å². The van der Waals surface area contributed by atoms with Gasteiger partial charge >= 0.3 is 0 Å². The van der Waals surface area contributed by atoms with Crippen LogP contribution in [0.15, 0.2) is 18.2 Å². The summed E-state index contributed by atoms with van der Waals surface area (Å²) in [6.07, 6.45) is -0.602. The van der Waals surface area contributed by atoms with Gasteiger partial charge in [-0.1, -0.05) is 6.07 Å². The highest BCUT2D eigenvalue weighted by atomic mass is 16.5. The van der Waals surface area contributed by atoms with Gasteiger partial charge in [0, 0.05) is 0 Å². The van der Waals surface area contributed by atoms with E-state index in [2.05, 4.69) is 5.73 Å². The van der Waals surface area contributed by atoms with Crippen LogP contribution < -0.4 is 10.5 Å². The molecule has 0 aliphatic rings. The molecule has 0 bridgehead atoms. The molecule has 0 saturated carbocycles. The fraction of sp³-hybridized carbons (Fsp3) is 0.333. The van der Waals surface area contributed by atoms with Crippen molar-refractivity contribution in [3.8, 4) is 11.5 Å². The lowest BCUT2D eigenvalue weighted by molar-refractivity contribution is -0.385. The molecular weight excluding hydrogens is 170 g/mol. The van der Waals surface area contributed by atoms with Crippen molar-refractivity contribution < 1.29 is 20.7 Å². The maximum atomic E-state index is 9.44. The highest BCUT2D eigenvalue weighted by molar-refractivity contribution is 5.42. The molecule has 1 aromatic rings. The molecule has 0 heterocycles. The van der Waals surface area contributed by atoms with Gasteiger partial charge in [-0.2, -0.15) is 0 Å². The van der Waals surface area contributed by atoms with Gasteiger partial charge in [-0.15, -0.1) is 0 Å². The fourth-order valence-corrected chi connectivity index (χ4v) is 1.07. The minimum absolute atomic E-state index is 0.0718. The summed E-state index contributed by atoms with van der Waals surface area (Å²) in [5, 5.41) is 18.7. The van der Waals surface area contributed by atoms with Gasteiger partial charge in [0.15, 0.2) is 11.5 Å². The lowest BCUT2D eigenvalue weighted by atomic mass is 10.1. The monoisotopic (exact) mass is 184 g/mol. The first-order valence-electron chi connectivity index (χ1n) is 4.03. The largest absolute Gasteiger partial charge is 0.504 e. The number of benzene rings is 1. The highest BCUT2D eigenvalue weighted by Gasteiger charge is 2.10. The summed E-state index contributed by atoms with van der Waals surface area (Å²) >= 11 is 0. The number of phenols is 1. The Kier molecular flexibility index (Phi) is 3.11. The zero-order valence-electron chi connectivity index (χ0n) is 7.53. The van der Waals surface area contributed by atoms with Gasteiger partial charge in [0.2, 0.25) is 0 Å². The maximum Gasteiger partial charge on any atom is 0.160 e. The number of hydrogen-bond donors (Lipinski definition) is 3. The Morgan fingerprint density at radius 3 is 2.77 bits per heavy atom. The third-order valence-corrected chi connectivity index (χ3v) is 1.86. The smallest absolute Gasteiger partial charge is 0.160 e. The second kappa shape index (κ2) is 4.11. The van der Waals surface area contributed by atoms with Crippen molar-refractivity contribution in [2.75, 3.05) is 13.7 Å². The molecule has 1 rings (SSSR count). The predicted molar refractivity (Wildman–Crippen MR) is 47.4 cm³/mol. The number of quaternary nitrogens is 1. The van der Waals surface area contributed by atoms with Crippen LogP contribution in [0, 0.1) is 0 Å². The van der Waals surface area contributed by atoms with Crippen molar-refractivity contribution in [3.63, 3.8) is 0 Å². The van der Waals surface area contributed by atoms with E-state index in [0.29, 0.717) is 17.9 Å². The number of rotatable bonds is 3. The van der Waals surface area contributed by atoms with Crippen molar-refractivity contribution in [1.29, 1.82) is 0 Å². The first-order valence-corrected chi connectivity index (χ1v) is 4.03. The van der Waals surface area contributed by atoms with E-state index in [4.69, 9.17) is 4.74 Å². The summed E-state index contributed by atoms with van der Waals surface area (Å²) in [5.74, 6) is 0.438. The van der Waals surface area contributed by atoms with E-state index < -0.39 is 6.10 Å². The van der Waals surface area contributed by atoms with Gasteiger partial charge in [0.1, 0.15) is 12.6 Å². The summed E-state index contributed by atoms with van der Waals surface area (Å²) < 4.78 is 4.90. The number of aliphatic hydroxyl groups excluding tert-OH is 1. The molecule has 5 N–H and O–H groups in total. The van der Waals surface area contributed by atoms with Crippen molar-refractivity contribution in [1.82, 2.24) is 0 Å². The summed E-state index contributed by atoms with van der Waals surface area (Å²) in [7, 11) is 1.47. The molecule has 0 aliphatic carbocycles. The predicted octanol–water partition coefficient (Wildman–Crippen LogP) is -0.324. The van der Waals surface area contributed by atoms with Crippen molar-refractivity contribution in [2.45, 2.75) is 6.10 Å². The molecule has 1 aromatic carbocycles. The fourth-order valence-electron chi connectivity index (χ4n) is 1.07. The SMILES string of the molecule is COc1cc([C@H](O)C[NH3+])ccc1O. The van der Waals surface area contributed by atoms with Crippen LogP contribution >= 0.6 is 0 Å². The maximum absolute atomic E-state index is 9.44. The van der Waals surface area contributed by atoms with Crippen LogP contribution in [-0.4, -0.2) is 23.9 Å². The molecule has 4 heteroatoms. The van der Waals surface area contributed by atoms with E-state index in [-0.39, 0.29) is 5.75 Å². The first kappa shape index (κ1) is 9.83. The van der Waals surface area contributed by atoms with Gasteiger partial charge in [0.05, 0.1) is 7.11 Å². The molecule has 0 unspecified atom stereocenters. The van der Waals surface area contributed by atoms with E-state index >= 15 is 0 Å². The Labute approximate surface area is 76.6 Å². The molecule has 1 atom stereocenters. The minimum Gasteiger partial charge on any atom is -0.504 e. The second-order valence-electron chi connectivity index (χ2n) is 2.74. The van der Waals surface area contributed by atoms with Gasteiger partial charge < -0.3 is 20.7 Å². The zero-order valence-corrected chi connectivity index (χ0v) is 7.53. The second-order valence-corrected chi connectivity index (χ2v) is 2.74. The van der Waals surface area contributed by atoms with E-state index in [0.717, 1.165) is 0 Å². The van der Waals surface area contributed by atoms with E-state index in [9.17, 15) is 10.2 Å². The van der Waals surface area contributed by atoms with Crippen LogP contribution in [0.4, 0.5) is 0 Å². The minimum atomic E-state index is -0.602. The van der Waals surface area contributed by atoms with Gasteiger partial charge in [0.25, 0.3) is 0 Å². The van der Waals surface area contributed by atoms with E-state index in [1.54, 1.807) is 12.1 Å². The van der Waals surface area contributed by atoms with Crippen molar-refractivity contribution in [3.05, 3.63) is 23.8 Å². The average molecular weight is 184 g/mol. The molecule has 4 nitrogen and oxygen atoms in total. The number of aliphatic hydroxyl groups is 1. The van der Waals surface area contributed by atoms with Crippen LogP contribution in [0.3, 0.4) is 0 Å². The zero-order chi connectivity index (χ0) is 9.84. The molecular formula is C9H14NO3+. The molecule has 0 aliphatic heterocycles. The summed E-state index contributed by atoms with van der Waals surface area (Å²) in [6.45, 7) is 0.397. The third kappa shape index (κ3) is 2.11. The lowest BCUT2D eigenvalue weighted by Gasteiger charge is -2.09. The molecule has 0 spiro atoms. The van der Waals surface area contributed by atoms with Crippen LogP contribution in [0.25, 0.3) is 0 Å². The van der Waals surface area contributed by atoms with E-state index in [1.165, 1.54) is 13.2 Å². The van der Waals surface area contributed by atoms with Gasteiger partial charge in [-0.25, -0.2) is 0 Å².